The van der Waals surface area contributed by atoms with Crippen LogP contribution in [0.3, 0.4) is 0 Å². The van der Waals surface area contributed by atoms with Crippen LogP contribution in [0.4, 0.5) is 0 Å². The summed E-state index contributed by atoms with van der Waals surface area (Å²) in [6.45, 7) is 0. The first kappa shape index (κ1) is 15.4. The maximum Gasteiger partial charge on any atom is 0.0501 e. The highest BCUT2D eigenvalue weighted by molar-refractivity contribution is 14.1. The van der Waals surface area contributed by atoms with Crippen LogP contribution in [0, 0.1) is 3.57 Å². The molecule has 19 heavy (non-hydrogen) atoms. The Balaban J connectivity index is 2.22. The van der Waals surface area contributed by atoms with Gasteiger partial charge in [0.1, 0.15) is 0 Å². The molecule has 2 aromatic carbocycles. The zero-order valence-electron chi connectivity index (χ0n) is 10.0. The molecule has 2 nitrogen and oxygen atoms in total. The molecule has 0 aliphatic carbocycles. The first-order chi connectivity index (χ1) is 9.08. The highest BCUT2D eigenvalue weighted by Crippen LogP contribution is 2.26. The molecule has 0 amide bonds. The van der Waals surface area contributed by atoms with E-state index in [4.69, 9.17) is 5.84 Å². The molecule has 1 unspecified atom stereocenters. The quantitative estimate of drug-likeness (QED) is 0.371. The van der Waals surface area contributed by atoms with E-state index in [-0.39, 0.29) is 6.04 Å². The first-order valence-corrected chi connectivity index (χ1v) is 8.41. The number of halogens is 3. The highest BCUT2D eigenvalue weighted by atomic mass is 127. The standard InChI is InChI=1S/C14H13Br2IN2/c15-11-6-10(7-12(16)8-11)14(19-18)5-9-1-3-13(17)4-2-9/h1-4,6-8,14,19H,5,18H2. The van der Waals surface area contributed by atoms with Crippen molar-refractivity contribution in [2.24, 2.45) is 5.84 Å². The van der Waals surface area contributed by atoms with E-state index in [0.717, 1.165) is 20.9 Å². The second-order valence-corrected chi connectivity index (χ2v) is 7.33. The molecule has 0 radical (unpaired) electrons. The molecule has 2 rings (SSSR count). The van der Waals surface area contributed by atoms with Gasteiger partial charge in [-0.2, -0.15) is 0 Å². The maximum absolute atomic E-state index is 5.70. The van der Waals surface area contributed by atoms with E-state index in [1.165, 1.54) is 9.13 Å². The third-order valence-electron chi connectivity index (χ3n) is 2.84. The van der Waals surface area contributed by atoms with Gasteiger partial charge in [-0.05, 0) is 70.5 Å². The summed E-state index contributed by atoms with van der Waals surface area (Å²) in [6, 6.07) is 14.8. The Kier molecular flexibility index (Phi) is 5.83. The zero-order valence-corrected chi connectivity index (χ0v) is 15.4. The lowest BCUT2D eigenvalue weighted by atomic mass is 9.99. The number of benzene rings is 2. The number of nitrogens with one attached hydrogen (secondary N) is 1. The van der Waals surface area contributed by atoms with Gasteiger partial charge >= 0.3 is 0 Å². The fourth-order valence-electron chi connectivity index (χ4n) is 1.91. The average molecular weight is 496 g/mol. The van der Waals surface area contributed by atoms with Crippen molar-refractivity contribution in [1.82, 2.24) is 5.43 Å². The van der Waals surface area contributed by atoms with Crippen LogP contribution in [0.2, 0.25) is 0 Å². The second kappa shape index (κ2) is 7.17. The van der Waals surface area contributed by atoms with Crippen LogP contribution in [0.5, 0.6) is 0 Å². The molecule has 0 aliphatic heterocycles. The fourth-order valence-corrected chi connectivity index (χ4v) is 3.59. The molecule has 1 atom stereocenters. The number of rotatable bonds is 4. The summed E-state index contributed by atoms with van der Waals surface area (Å²) in [6.07, 6.45) is 0.857. The Bertz CT molecular complexity index is 538. The minimum Gasteiger partial charge on any atom is -0.271 e. The normalized spacial score (nSPS) is 12.4. The monoisotopic (exact) mass is 494 g/mol. The molecule has 0 saturated heterocycles. The predicted octanol–water partition coefficient (Wildman–Crippen LogP) is 4.56. The summed E-state index contributed by atoms with van der Waals surface area (Å²) in [5.41, 5.74) is 5.31. The molecule has 0 saturated carbocycles. The van der Waals surface area contributed by atoms with E-state index in [9.17, 15) is 0 Å². The Hall–Kier alpha value is 0.0500. The van der Waals surface area contributed by atoms with Crippen LogP contribution in [0.15, 0.2) is 51.4 Å². The average Bonchev–Trinajstić information content (AvgIpc) is 2.37. The van der Waals surface area contributed by atoms with Crippen molar-refractivity contribution in [1.29, 1.82) is 0 Å². The van der Waals surface area contributed by atoms with Crippen LogP contribution in [-0.2, 0) is 6.42 Å². The van der Waals surface area contributed by atoms with Crippen molar-refractivity contribution in [2.75, 3.05) is 0 Å². The number of hydrazine groups is 1. The van der Waals surface area contributed by atoms with Gasteiger partial charge in [0.25, 0.3) is 0 Å². The molecular weight excluding hydrogens is 483 g/mol. The van der Waals surface area contributed by atoms with Crippen LogP contribution >= 0.6 is 54.5 Å². The van der Waals surface area contributed by atoms with E-state index in [2.05, 4.69) is 96.3 Å². The molecule has 100 valence electrons. The van der Waals surface area contributed by atoms with E-state index in [0.29, 0.717) is 0 Å². The first-order valence-electron chi connectivity index (χ1n) is 5.75. The van der Waals surface area contributed by atoms with E-state index in [1.807, 2.05) is 6.07 Å². The van der Waals surface area contributed by atoms with Crippen molar-refractivity contribution >= 4 is 54.5 Å². The van der Waals surface area contributed by atoms with Gasteiger partial charge in [0.05, 0.1) is 6.04 Å². The number of hydrogen-bond donors (Lipinski definition) is 2. The molecule has 0 bridgehead atoms. The Morgan fingerprint density at radius 2 is 1.63 bits per heavy atom. The highest BCUT2D eigenvalue weighted by Gasteiger charge is 2.12. The largest absolute Gasteiger partial charge is 0.271 e. The van der Waals surface area contributed by atoms with Gasteiger partial charge in [-0.1, -0.05) is 44.0 Å². The lowest BCUT2D eigenvalue weighted by molar-refractivity contribution is 0.551. The molecule has 5 heteroatoms. The summed E-state index contributed by atoms with van der Waals surface area (Å²) in [5.74, 6) is 5.70. The minimum atomic E-state index is 0.0915. The Labute approximate surface area is 143 Å². The van der Waals surface area contributed by atoms with Crippen LogP contribution in [0.25, 0.3) is 0 Å². The third-order valence-corrected chi connectivity index (χ3v) is 4.48. The molecule has 0 aromatic heterocycles. The minimum absolute atomic E-state index is 0.0915. The van der Waals surface area contributed by atoms with Gasteiger partial charge in [-0.25, -0.2) is 0 Å². The third kappa shape index (κ3) is 4.53. The van der Waals surface area contributed by atoms with Crippen molar-refractivity contribution in [3.05, 3.63) is 66.1 Å². The maximum atomic E-state index is 5.70. The second-order valence-electron chi connectivity index (χ2n) is 4.25. The molecule has 0 fully saturated rings. The van der Waals surface area contributed by atoms with Gasteiger partial charge < -0.3 is 0 Å². The molecule has 0 spiro atoms. The van der Waals surface area contributed by atoms with E-state index in [1.54, 1.807) is 0 Å². The predicted molar refractivity (Wildman–Crippen MR) is 94.8 cm³/mol. The lowest BCUT2D eigenvalue weighted by Crippen LogP contribution is -2.29. The lowest BCUT2D eigenvalue weighted by Gasteiger charge is -2.17. The van der Waals surface area contributed by atoms with Gasteiger partial charge in [0.2, 0.25) is 0 Å². The van der Waals surface area contributed by atoms with Gasteiger partial charge in [0.15, 0.2) is 0 Å². The summed E-state index contributed by atoms with van der Waals surface area (Å²) < 4.78 is 3.32. The van der Waals surface area contributed by atoms with E-state index >= 15 is 0 Å². The summed E-state index contributed by atoms with van der Waals surface area (Å²) in [7, 11) is 0. The van der Waals surface area contributed by atoms with E-state index < -0.39 is 0 Å². The fraction of sp³-hybridized carbons (Fsp3) is 0.143. The smallest absolute Gasteiger partial charge is 0.0501 e. The molecule has 3 N–H and O–H groups in total. The van der Waals surface area contributed by atoms with Crippen LogP contribution in [-0.4, -0.2) is 0 Å². The van der Waals surface area contributed by atoms with Crippen molar-refractivity contribution < 1.29 is 0 Å². The number of nitrogens with two attached hydrogens (primary N) is 1. The summed E-state index contributed by atoms with van der Waals surface area (Å²) in [5, 5.41) is 0. The van der Waals surface area contributed by atoms with Gasteiger partial charge in [-0.3, -0.25) is 11.3 Å². The molecule has 2 aromatic rings. The van der Waals surface area contributed by atoms with Crippen molar-refractivity contribution in [3.8, 4) is 0 Å². The Morgan fingerprint density at radius 3 is 2.16 bits per heavy atom. The summed E-state index contributed by atoms with van der Waals surface area (Å²) in [4.78, 5) is 0. The van der Waals surface area contributed by atoms with Crippen molar-refractivity contribution in [3.63, 3.8) is 0 Å². The van der Waals surface area contributed by atoms with Gasteiger partial charge in [-0.15, -0.1) is 0 Å². The molecule has 0 aliphatic rings. The summed E-state index contributed by atoms with van der Waals surface area (Å²) >= 11 is 9.32. The number of hydrogen-bond acceptors (Lipinski definition) is 2. The van der Waals surface area contributed by atoms with Gasteiger partial charge in [0, 0.05) is 12.5 Å². The zero-order chi connectivity index (χ0) is 13.8. The topological polar surface area (TPSA) is 38.0 Å². The van der Waals surface area contributed by atoms with Crippen molar-refractivity contribution in [2.45, 2.75) is 12.5 Å². The molecule has 0 heterocycles. The molecular formula is C14H13Br2IN2. The van der Waals surface area contributed by atoms with Crippen LogP contribution < -0.4 is 11.3 Å². The SMILES string of the molecule is NNC(Cc1ccc(I)cc1)c1cc(Br)cc(Br)c1. The van der Waals surface area contributed by atoms with Crippen LogP contribution in [0.1, 0.15) is 17.2 Å². The Morgan fingerprint density at radius 1 is 1.05 bits per heavy atom.